The second kappa shape index (κ2) is 8.34. The minimum Gasteiger partial charge on any atom is -0.478 e. The van der Waals surface area contributed by atoms with Crippen LogP contribution in [-0.2, 0) is 32.1 Å². The van der Waals surface area contributed by atoms with Crippen LogP contribution in [0.1, 0.15) is 47.9 Å². The lowest BCUT2D eigenvalue weighted by molar-refractivity contribution is -0.147. The van der Waals surface area contributed by atoms with Gasteiger partial charge in [0.15, 0.2) is 10.8 Å². The van der Waals surface area contributed by atoms with Crippen molar-refractivity contribution in [2.24, 2.45) is 0 Å². The molecule has 1 atom stereocenters. The molecule has 0 saturated carbocycles. The van der Waals surface area contributed by atoms with E-state index in [0.717, 1.165) is 27.6 Å². The summed E-state index contributed by atoms with van der Waals surface area (Å²) in [5, 5.41) is 22.9. The van der Waals surface area contributed by atoms with Crippen molar-refractivity contribution in [2.75, 3.05) is 17.2 Å². The van der Waals surface area contributed by atoms with Gasteiger partial charge in [0.1, 0.15) is 9.88 Å². The number of carbonyl (C=O) groups is 6. The first-order chi connectivity index (χ1) is 15.6. The molecule has 2 aromatic rings. The van der Waals surface area contributed by atoms with Gasteiger partial charge in [-0.3, -0.25) is 24.1 Å². The number of amides is 4. The third-order valence-corrected chi connectivity index (χ3v) is 6.87. The minimum atomic E-state index is -1.76. The van der Waals surface area contributed by atoms with E-state index in [4.69, 9.17) is 9.84 Å². The average Bonchev–Trinajstić information content (AvgIpc) is 3.36. The molecule has 172 valence electrons. The number of thiophene rings is 1. The molecule has 0 fully saturated rings. The maximum Gasteiger partial charge on any atom is 0.394 e. The third kappa shape index (κ3) is 4.08. The van der Waals surface area contributed by atoms with E-state index in [9.17, 15) is 33.9 Å². The zero-order valence-electron chi connectivity index (χ0n) is 16.7. The van der Waals surface area contributed by atoms with Gasteiger partial charge >= 0.3 is 17.8 Å². The zero-order valence-corrected chi connectivity index (χ0v) is 18.3. The molecule has 1 unspecified atom stereocenters. The van der Waals surface area contributed by atoms with E-state index in [0.29, 0.717) is 10.4 Å². The highest BCUT2D eigenvalue weighted by Crippen LogP contribution is 2.39. The van der Waals surface area contributed by atoms with E-state index < -0.39 is 41.7 Å². The predicted octanol–water partition coefficient (Wildman–Crippen LogP) is 0.622. The topological polar surface area (TPSA) is 192 Å². The number of hydrogen-bond donors (Lipinski definition) is 4. The molecule has 33 heavy (non-hydrogen) atoms. The monoisotopic (exact) mass is 494 g/mol. The van der Waals surface area contributed by atoms with Crippen molar-refractivity contribution >= 4 is 68.4 Å². The number of hydrogen-bond acceptors (Lipinski definition) is 10. The quantitative estimate of drug-likeness (QED) is 0.338. The molecule has 0 aliphatic carbocycles. The normalized spacial score (nSPS) is 16.9. The first-order valence-corrected chi connectivity index (χ1v) is 10.9. The largest absolute Gasteiger partial charge is 0.478 e. The molecular formula is C18H14N4O9S2. The number of carboxylic acid groups (broad SMARTS) is 2. The van der Waals surface area contributed by atoms with Gasteiger partial charge in [-0.25, -0.2) is 14.6 Å². The lowest BCUT2D eigenvalue weighted by atomic mass is 10.0. The van der Waals surface area contributed by atoms with E-state index in [1.807, 2.05) is 0 Å². The van der Waals surface area contributed by atoms with E-state index in [1.54, 1.807) is 0 Å². The van der Waals surface area contributed by atoms with Crippen molar-refractivity contribution in [3.05, 3.63) is 26.6 Å². The van der Waals surface area contributed by atoms with Crippen molar-refractivity contribution in [1.29, 1.82) is 0 Å². The Kier molecular flexibility index (Phi) is 5.69. The number of anilines is 2. The van der Waals surface area contributed by atoms with Gasteiger partial charge in [-0.1, -0.05) is 11.3 Å². The molecule has 15 heteroatoms. The van der Waals surface area contributed by atoms with Crippen LogP contribution < -0.4 is 10.6 Å². The molecule has 0 spiro atoms. The second-order valence-electron chi connectivity index (χ2n) is 7.01. The fourth-order valence-electron chi connectivity index (χ4n) is 3.44. The Bertz CT molecular complexity index is 1210. The first-order valence-electron chi connectivity index (χ1n) is 9.25. The number of nitrogens with zero attached hydrogens (tertiary/aromatic N) is 2. The average molecular weight is 494 g/mol. The van der Waals surface area contributed by atoms with E-state index in [-0.39, 0.29) is 45.8 Å². The lowest BCUT2D eigenvalue weighted by Crippen LogP contribution is -2.40. The summed E-state index contributed by atoms with van der Waals surface area (Å²) in [6.45, 7) is 1.06. The number of thiazole rings is 1. The number of aliphatic carboxylic acids is 1. The van der Waals surface area contributed by atoms with Crippen LogP contribution in [0.15, 0.2) is 0 Å². The summed E-state index contributed by atoms with van der Waals surface area (Å²) >= 11 is 1.76. The highest BCUT2D eigenvalue weighted by Gasteiger charge is 2.42. The van der Waals surface area contributed by atoms with Crippen LogP contribution in [0.5, 0.6) is 0 Å². The number of rotatable bonds is 5. The molecule has 4 rings (SSSR count). The van der Waals surface area contributed by atoms with Crippen LogP contribution in [-0.4, -0.2) is 68.3 Å². The summed E-state index contributed by atoms with van der Waals surface area (Å²) in [4.78, 5) is 76.2. The number of fused-ring (bicyclic) bond motifs is 2. The van der Waals surface area contributed by atoms with E-state index in [1.165, 1.54) is 6.92 Å². The first kappa shape index (κ1) is 22.5. The van der Waals surface area contributed by atoms with Crippen LogP contribution >= 0.6 is 22.7 Å². The molecule has 2 aromatic heterocycles. The number of imide groups is 1. The van der Waals surface area contributed by atoms with Crippen LogP contribution in [0.25, 0.3) is 0 Å². The summed E-state index contributed by atoms with van der Waals surface area (Å²) in [5.41, 5.74) is 0.00718. The SMILES string of the molecule is CC(=O)Nc1nc2c(s1)C(=O)N(CC1Cc3c(sc(NC(=O)C(=O)O)c3C(=O)O)CO1)C2=O. The smallest absolute Gasteiger partial charge is 0.394 e. The number of carboxylic acids is 2. The molecule has 2 aliphatic heterocycles. The Labute approximate surface area is 192 Å². The van der Waals surface area contributed by atoms with Crippen molar-refractivity contribution in [2.45, 2.75) is 26.1 Å². The Morgan fingerprint density at radius 3 is 2.48 bits per heavy atom. The summed E-state index contributed by atoms with van der Waals surface area (Å²) < 4.78 is 5.68. The van der Waals surface area contributed by atoms with Gasteiger partial charge < -0.3 is 25.6 Å². The molecule has 0 saturated heterocycles. The number of ether oxygens (including phenoxy) is 1. The molecule has 2 aliphatic rings. The Hall–Kier alpha value is -3.69. The van der Waals surface area contributed by atoms with Crippen molar-refractivity contribution in [1.82, 2.24) is 9.88 Å². The summed E-state index contributed by atoms with van der Waals surface area (Å²) in [5.74, 6) is -6.15. The van der Waals surface area contributed by atoms with Gasteiger partial charge in [0.25, 0.3) is 11.8 Å². The maximum absolute atomic E-state index is 12.7. The molecule has 0 bridgehead atoms. The van der Waals surface area contributed by atoms with Gasteiger partial charge in [0.05, 0.1) is 24.8 Å². The van der Waals surface area contributed by atoms with Crippen LogP contribution in [0.2, 0.25) is 0 Å². The summed E-state index contributed by atoms with van der Waals surface area (Å²) in [6.07, 6.45) is -0.712. The molecule has 4 heterocycles. The van der Waals surface area contributed by atoms with Crippen molar-refractivity contribution in [3.8, 4) is 0 Å². The van der Waals surface area contributed by atoms with Gasteiger partial charge in [-0.2, -0.15) is 0 Å². The molecule has 13 nitrogen and oxygen atoms in total. The lowest BCUT2D eigenvalue weighted by Gasteiger charge is -2.26. The van der Waals surface area contributed by atoms with E-state index >= 15 is 0 Å². The molecular weight excluding hydrogens is 480 g/mol. The second-order valence-corrected chi connectivity index (χ2v) is 9.11. The molecule has 0 radical (unpaired) electrons. The molecule has 4 N–H and O–H groups in total. The highest BCUT2D eigenvalue weighted by atomic mass is 32.1. The van der Waals surface area contributed by atoms with Crippen LogP contribution in [0.3, 0.4) is 0 Å². The van der Waals surface area contributed by atoms with E-state index in [2.05, 4.69) is 15.6 Å². The predicted molar refractivity (Wildman–Crippen MR) is 112 cm³/mol. The minimum absolute atomic E-state index is 0.0195. The van der Waals surface area contributed by atoms with Crippen molar-refractivity contribution < 1.29 is 43.7 Å². The Balaban J connectivity index is 1.52. The Morgan fingerprint density at radius 2 is 1.88 bits per heavy atom. The molecule has 4 amide bonds. The van der Waals surface area contributed by atoms with Crippen LogP contribution in [0, 0.1) is 0 Å². The van der Waals surface area contributed by atoms with Gasteiger partial charge in [-0.15, -0.1) is 11.3 Å². The number of aromatic carboxylic acids is 1. The standard InChI is InChI=1S/C18H14N4O9S2/c1-5(23)19-18-20-10-11(33-18)15(26)22(14(10)25)3-6-2-7-8(4-31-6)32-13(9(7)16(27)28)21-12(24)17(29)30/h6H,2-4H2,1H3,(H,21,24)(H,27,28)(H,29,30)(H,19,20,23). The summed E-state index contributed by atoms with van der Waals surface area (Å²) in [6, 6.07) is 0. The highest BCUT2D eigenvalue weighted by molar-refractivity contribution is 7.18. The summed E-state index contributed by atoms with van der Waals surface area (Å²) in [7, 11) is 0. The van der Waals surface area contributed by atoms with Crippen molar-refractivity contribution in [3.63, 3.8) is 0 Å². The fraction of sp³-hybridized carbons (Fsp3) is 0.278. The molecule has 0 aromatic carbocycles. The third-order valence-electron chi connectivity index (χ3n) is 4.79. The van der Waals surface area contributed by atoms with Gasteiger partial charge in [-0.05, 0) is 5.56 Å². The number of nitrogens with one attached hydrogen (secondary N) is 2. The zero-order chi connectivity index (χ0) is 24.0. The van der Waals surface area contributed by atoms with Gasteiger partial charge in [0, 0.05) is 18.2 Å². The Morgan fingerprint density at radius 1 is 1.15 bits per heavy atom. The van der Waals surface area contributed by atoms with Crippen LogP contribution in [0.4, 0.5) is 10.1 Å². The maximum atomic E-state index is 12.7. The number of carbonyl (C=O) groups excluding carboxylic acids is 4. The van der Waals surface area contributed by atoms with Gasteiger partial charge in [0.2, 0.25) is 5.91 Å². The fourth-order valence-corrected chi connectivity index (χ4v) is 5.53. The number of aromatic nitrogens is 1.